The first-order valence-electron chi connectivity index (χ1n) is 7.62. The number of aryl methyl sites for hydroxylation is 1. The van der Waals surface area contributed by atoms with Gasteiger partial charge in [0, 0.05) is 13.2 Å². The van der Waals surface area contributed by atoms with Crippen LogP contribution in [0, 0.1) is 5.82 Å². The van der Waals surface area contributed by atoms with Crippen molar-refractivity contribution in [1.82, 2.24) is 24.6 Å². The third-order valence-corrected chi connectivity index (χ3v) is 4.76. The molecule has 2 aromatic heterocycles. The van der Waals surface area contributed by atoms with Crippen LogP contribution in [-0.2, 0) is 23.6 Å². The maximum Gasteiger partial charge on any atom is 0.242 e. The second kappa shape index (κ2) is 7.22. The van der Waals surface area contributed by atoms with E-state index >= 15 is 0 Å². The summed E-state index contributed by atoms with van der Waals surface area (Å²) < 4.78 is 52.4. The van der Waals surface area contributed by atoms with E-state index in [9.17, 15) is 12.8 Å². The summed E-state index contributed by atoms with van der Waals surface area (Å²) in [5.74, 6) is -0.408. The average molecular weight is 381 g/mol. The molecule has 3 rings (SSSR count). The minimum absolute atomic E-state index is 0.00976. The highest BCUT2D eigenvalue weighted by Crippen LogP contribution is 2.21. The topological polar surface area (TPSA) is 112 Å². The van der Waals surface area contributed by atoms with Crippen LogP contribution in [0.3, 0.4) is 0 Å². The van der Waals surface area contributed by atoms with E-state index in [4.69, 9.17) is 9.26 Å². The van der Waals surface area contributed by atoms with Crippen molar-refractivity contribution in [3.05, 3.63) is 42.3 Å². The molecular formula is C15H16FN5O4S. The highest BCUT2D eigenvalue weighted by atomic mass is 32.2. The fraction of sp³-hybridized carbons (Fsp3) is 0.267. The number of nitrogens with one attached hydrogen (secondary N) is 1. The fourth-order valence-corrected chi connectivity index (χ4v) is 3.13. The maximum absolute atomic E-state index is 13.9. The smallest absolute Gasteiger partial charge is 0.242 e. The Labute approximate surface area is 148 Å². The Morgan fingerprint density at radius 2 is 2.19 bits per heavy atom. The lowest BCUT2D eigenvalue weighted by molar-refractivity contribution is 0.321. The molecular weight excluding hydrogens is 365 g/mol. The van der Waals surface area contributed by atoms with Crippen LogP contribution < -0.4 is 9.46 Å². The Kier molecular flexibility index (Phi) is 5.00. The molecule has 3 aromatic rings. The Morgan fingerprint density at radius 1 is 1.38 bits per heavy atom. The van der Waals surface area contributed by atoms with Crippen LogP contribution in [0.15, 0.2) is 40.0 Å². The summed E-state index contributed by atoms with van der Waals surface area (Å²) in [4.78, 5) is 3.86. The molecule has 0 aliphatic heterocycles. The fourth-order valence-electron chi connectivity index (χ4n) is 2.14. The first-order chi connectivity index (χ1) is 12.4. The van der Waals surface area contributed by atoms with E-state index in [2.05, 4.69) is 20.0 Å². The monoisotopic (exact) mass is 381 g/mol. The number of hydrogen-bond donors (Lipinski definition) is 1. The zero-order valence-corrected chi connectivity index (χ0v) is 14.8. The summed E-state index contributed by atoms with van der Waals surface area (Å²) in [7, 11) is -2.21. The molecule has 2 heterocycles. The van der Waals surface area contributed by atoms with E-state index in [0.29, 0.717) is 11.4 Å². The van der Waals surface area contributed by atoms with E-state index in [1.807, 2.05) is 0 Å². The Morgan fingerprint density at radius 3 is 2.85 bits per heavy atom. The standard InChI is InChI=1S/C15H16FN5O4S/c1-3-24-13-5-4-11(6-12(13)16)26(22,23)18-8-14-19-15(20-25-14)10-7-17-21(2)9-10/h4-7,9,18H,3,8H2,1-2H3. The number of aromatic nitrogens is 4. The molecule has 26 heavy (non-hydrogen) atoms. The summed E-state index contributed by atoms with van der Waals surface area (Å²) in [6.45, 7) is 1.75. The SMILES string of the molecule is CCOc1ccc(S(=O)(=O)NCc2nc(-c3cnn(C)c3)no2)cc1F. The van der Waals surface area contributed by atoms with Gasteiger partial charge < -0.3 is 9.26 Å². The van der Waals surface area contributed by atoms with Gasteiger partial charge in [0.1, 0.15) is 0 Å². The number of rotatable bonds is 7. The van der Waals surface area contributed by atoms with Gasteiger partial charge >= 0.3 is 0 Å². The first-order valence-corrected chi connectivity index (χ1v) is 9.11. The largest absolute Gasteiger partial charge is 0.491 e. The maximum atomic E-state index is 13.9. The Balaban J connectivity index is 1.70. The molecule has 0 unspecified atom stereocenters. The van der Waals surface area contributed by atoms with Gasteiger partial charge in [-0.15, -0.1) is 0 Å². The van der Waals surface area contributed by atoms with Gasteiger partial charge in [0.05, 0.1) is 29.8 Å². The number of benzene rings is 1. The third kappa shape index (κ3) is 3.89. The lowest BCUT2D eigenvalue weighted by atomic mass is 10.3. The van der Waals surface area contributed by atoms with Crippen LogP contribution in [0.4, 0.5) is 4.39 Å². The van der Waals surface area contributed by atoms with Gasteiger partial charge in [-0.1, -0.05) is 5.16 Å². The molecule has 0 fully saturated rings. The predicted octanol–water partition coefficient (Wildman–Crippen LogP) is 1.49. The molecule has 0 radical (unpaired) electrons. The van der Waals surface area contributed by atoms with Crippen molar-refractivity contribution in [3.8, 4) is 17.1 Å². The van der Waals surface area contributed by atoms with Crippen LogP contribution in [0.1, 0.15) is 12.8 Å². The van der Waals surface area contributed by atoms with Crippen LogP contribution in [0.5, 0.6) is 5.75 Å². The van der Waals surface area contributed by atoms with Crippen LogP contribution in [0.25, 0.3) is 11.4 Å². The van der Waals surface area contributed by atoms with Crippen molar-refractivity contribution in [1.29, 1.82) is 0 Å². The summed E-state index contributed by atoms with van der Waals surface area (Å²) in [6.07, 6.45) is 3.25. The highest BCUT2D eigenvalue weighted by Gasteiger charge is 2.18. The van der Waals surface area contributed by atoms with E-state index < -0.39 is 15.8 Å². The minimum Gasteiger partial charge on any atom is -0.491 e. The summed E-state index contributed by atoms with van der Waals surface area (Å²) in [5, 5.41) is 7.76. The van der Waals surface area contributed by atoms with Crippen molar-refractivity contribution in [2.24, 2.45) is 7.05 Å². The molecule has 0 amide bonds. The first kappa shape index (κ1) is 18.0. The summed E-state index contributed by atoms with van der Waals surface area (Å²) >= 11 is 0. The van der Waals surface area contributed by atoms with E-state index in [1.165, 1.54) is 12.1 Å². The zero-order valence-electron chi connectivity index (χ0n) is 14.0. The second-order valence-corrected chi connectivity index (χ2v) is 7.03. The van der Waals surface area contributed by atoms with Gasteiger partial charge in [-0.3, -0.25) is 4.68 Å². The number of ether oxygens (including phenoxy) is 1. The van der Waals surface area contributed by atoms with E-state index in [1.54, 1.807) is 31.0 Å². The molecule has 138 valence electrons. The Bertz CT molecular complexity index is 1010. The van der Waals surface area contributed by atoms with E-state index in [-0.39, 0.29) is 29.7 Å². The summed E-state index contributed by atoms with van der Waals surface area (Å²) in [6, 6.07) is 3.41. The minimum atomic E-state index is -3.95. The van der Waals surface area contributed by atoms with E-state index in [0.717, 1.165) is 6.07 Å². The van der Waals surface area contributed by atoms with Gasteiger partial charge in [-0.25, -0.2) is 17.5 Å². The highest BCUT2D eigenvalue weighted by molar-refractivity contribution is 7.89. The normalized spacial score (nSPS) is 11.7. The van der Waals surface area contributed by atoms with Gasteiger partial charge in [-0.2, -0.15) is 10.1 Å². The average Bonchev–Trinajstić information content (AvgIpc) is 3.24. The van der Waals surface area contributed by atoms with Crippen LogP contribution >= 0.6 is 0 Å². The van der Waals surface area contributed by atoms with Crippen molar-refractivity contribution in [2.75, 3.05) is 6.61 Å². The number of hydrogen-bond acceptors (Lipinski definition) is 7. The third-order valence-electron chi connectivity index (χ3n) is 3.36. The van der Waals surface area contributed by atoms with Crippen LogP contribution in [0.2, 0.25) is 0 Å². The quantitative estimate of drug-likeness (QED) is 0.660. The zero-order chi connectivity index (χ0) is 18.7. The predicted molar refractivity (Wildman–Crippen MR) is 88.1 cm³/mol. The van der Waals surface area contributed by atoms with Crippen LogP contribution in [-0.4, -0.2) is 34.9 Å². The van der Waals surface area contributed by atoms with Crippen molar-refractivity contribution in [2.45, 2.75) is 18.4 Å². The number of halogens is 1. The molecule has 0 aliphatic carbocycles. The van der Waals surface area contributed by atoms with Crippen molar-refractivity contribution < 1.29 is 22.1 Å². The molecule has 9 nitrogen and oxygen atoms in total. The van der Waals surface area contributed by atoms with Crippen molar-refractivity contribution in [3.63, 3.8) is 0 Å². The molecule has 0 atom stereocenters. The lowest BCUT2D eigenvalue weighted by Gasteiger charge is -2.08. The van der Waals surface area contributed by atoms with Gasteiger partial charge in [-0.05, 0) is 25.1 Å². The molecule has 0 saturated carbocycles. The molecule has 0 spiro atoms. The van der Waals surface area contributed by atoms with Gasteiger partial charge in [0.2, 0.25) is 21.7 Å². The molecule has 1 aromatic carbocycles. The lowest BCUT2D eigenvalue weighted by Crippen LogP contribution is -2.23. The number of sulfonamides is 1. The number of nitrogens with zero attached hydrogens (tertiary/aromatic N) is 4. The molecule has 0 aliphatic rings. The Hall–Kier alpha value is -2.79. The molecule has 0 saturated heterocycles. The molecule has 0 bridgehead atoms. The molecule has 11 heteroatoms. The summed E-state index contributed by atoms with van der Waals surface area (Å²) in [5.41, 5.74) is 0.638. The second-order valence-electron chi connectivity index (χ2n) is 5.26. The van der Waals surface area contributed by atoms with Gasteiger partial charge in [0.25, 0.3) is 0 Å². The van der Waals surface area contributed by atoms with Crippen molar-refractivity contribution >= 4 is 10.0 Å². The van der Waals surface area contributed by atoms with Gasteiger partial charge in [0.15, 0.2) is 11.6 Å². The molecule has 1 N–H and O–H groups in total.